The lowest BCUT2D eigenvalue weighted by molar-refractivity contribution is -0.136. The molecule has 1 heterocycles. The fraction of sp³-hybridized carbons (Fsp3) is 0.188. The first kappa shape index (κ1) is 15.5. The first-order valence-electron chi connectivity index (χ1n) is 6.81. The van der Waals surface area contributed by atoms with Gasteiger partial charge in [-0.05, 0) is 30.7 Å². The number of carbonyl (C=O) groups excluding carboxylic acids is 1. The number of hydrogen-bond donors (Lipinski definition) is 2. The molecule has 22 heavy (non-hydrogen) atoms. The Balaban J connectivity index is 2.08. The normalized spacial score (nSPS) is 10.0. The van der Waals surface area contributed by atoms with Crippen LogP contribution in [0.2, 0.25) is 0 Å². The number of nitrogens with zero attached hydrogens (tertiary/aromatic N) is 1. The van der Waals surface area contributed by atoms with E-state index in [9.17, 15) is 9.59 Å². The van der Waals surface area contributed by atoms with Crippen LogP contribution in [0.25, 0.3) is 0 Å². The highest BCUT2D eigenvalue weighted by Gasteiger charge is 2.08. The SMILES string of the molecule is CCNC(=O)c1cc(Oc2ccc(CC(=O)O)cc2)ccn1. The van der Waals surface area contributed by atoms with Crippen LogP contribution in [0.15, 0.2) is 42.6 Å². The molecule has 114 valence electrons. The van der Waals surface area contributed by atoms with Crippen molar-refractivity contribution in [2.75, 3.05) is 6.54 Å². The van der Waals surface area contributed by atoms with Gasteiger partial charge in [0.15, 0.2) is 0 Å². The van der Waals surface area contributed by atoms with Crippen LogP contribution in [0.3, 0.4) is 0 Å². The first-order valence-corrected chi connectivity index (χ1v) is 6.81. The van der Waals surface area contributed by atoms with E-state index in [2.05, 4.69) is 10.3 Å². The summed E-state index contributed by atoms with van der Waals surface area (Å²) in [5.41, 5.74) is 0.972. The van der Waals surface area contributed by atoms with Crippen molar-refractivity contribution in [1.82, 2.24) is 10.3 Å². The zero-order valence-electron chi connectivity index (χ0n) is 12.1. The second kappa shape index (κ2) is 7.21. The number of rotatable bonds is 6. The highest BCUT2D eigenvalue weighted by atomic mass is 16.5. The summed E-state index contributed by atoms with van der Waals surface area (Å²) in [6, 6.07) is 9.95. The van der Waals surface area contributed by atoms with Crippen LogP contribution in [0, 0.1) is 0 Å². The summed E-state index contributed by atoms with van der Waals surface area (Å²) in [5, 5.41) is 11.4. The Kier molecular flexibility index (Phi) is 5.08. The van der Waals surface area contributed by atoms with Gasteiger partial charge in [-0.2, -0.15) is 0 Å². The van der Waals surface area contributed by atoms with Crippen LogP contribution in [0.1, 0.15) is 23.0 Å². The molecule has 0 aliphatic carbocycles. The Morgan fingerprint density at radius 1 is 1.18 bits per heavy atom. The lowest BCUT2D eigenvalue weighted by Gasteiger charge is -2.08. The van der Waals surface area contributed by atoms with Gasteiger partial charge >= 0.3 is 5.97 Å². The smallest absolute Gasteiger partial charge is 0.307 e. The fourth-order valence-electron chi connectivity index (χ4n) is 1.84. The second-order valence-corrected chi connectivity index (χ2v) is 4.55. The molecule has 0 saturated carbocycles. The zero-order valence-corrected chi connectivity index (χ0v) is 12.1. The van der Waals surface area contributed by atoms with Crippen LogP contribution in [-0.4, -0.2) is 28.5 Å². The van der Waals surface area contributed by atoms with E-state index in [1.54, 1.807) is 36.4 Å². The minimum Gasteiger partial charge on any atom is -0.481 e. The van der Waals surface area contributed by atoms with Gasteiger partial charge in [0.25, 0.3) is 5.91 Å². The molecule has 2 N–H and O–H groups in total. The van der Waals surface area contributed by atoms with Gasteiger partial charge in [-0.25, -0.2) is 0 Å². The van der Waals surface area contributed by atoms with Crippen molar-refractivity contribution in [3.63, 3.8) is 0 Å². The van der Waals surface area contributed by atoms with Gasteiger partial charge in [-0.15, -0.1) is 0 Å². The molecule has 2 aromatic rings. The van der Waals surface area contributed by atoms with Crippen LogP contribution >= 0.6 is 0 Å². The maximum atomic E-state index is 11.7. The molecule has 0 bridgehead atoms. The first-order chi connectivity index (χ1) is 10.6. The van der Waals surface area contributed by atoms with Gasteiger partial charge in [0.1, 0.15) is 17.2 Å². The standard InChI is InChI=1S/C16H16N2O4/c1-2-17-16(21)14-10-13(7-8-18-14)22-12-5-3-11(4-6-12)9-15(19)20/h3-8,10H,2,9H2,1H3,(H,17,21)(H,19,20). The van der Waals surface area contributed by atoms with Crippen LogP contribution in [-0.2, 0) is 11.2 Å². The third kappa shape index (κ3) is 4.31. The Bertz CT molecular complexity index is 668. The van der Waals surface area contributed by atoms with Crippen molar-refractivity contribution >= 4 is 11.9 Å². The molecule has 1 aromatic carbocycles. The molecule has 1 aromatic heterocycles. The van der Waals surface area contributed by atoms with E-state index in [4.69, 9.17) is 9.84 Å². The molecule has 1 amide bonds. The highest BCUT2D eigenvalue weighted by molar-refractivity contribution is 5.92. The number of pyridine rings is 1. The quantitative estimate of drug-likeness (QED) is 0.854. The van der Waals surface area contributed by atoms with E-state index >= 15 is 0 Å². The van der Waals surface area contributed by atoms with Gasteiger partial charge in [0.2, 0.25) is 0 Å². The number of aromatic nitrogens is 1. The average Bonchev–Trinajstić information content (AvgIpc) is 2.49. The summed E-state index contributed by atoms with van der Waals surface area (Å²) in [4.78, 5) is 26.3. The van der Waals surface area contributed by atoms with Crippen LogP contribution in [0.5, 0.6) is 11.5 Å². The maximum Gasteiger partial charge on any atom is 0.307 e. The van der Waals surface area contributed by atoms with E-state index in [0.29, 0.717) is 23.6 Å². The molecule has 0 fully saturated rings. The minimum absolute atomic E-state index is 0.0309. The zero-order chi connectivity index (χ0) is 15.9. The Morgan fingerprint density at radius 2 is 1.91 bits per heavy atom. The number of ether oxygens (including phenoxy) is 1. The number of carbonyl (C=O) groups is 2. The topological polar surface area (TPSA) is 88.5 Å². The molecule has 6 nitrogen and oxygen atoms in total. The third-order valence-electron chi connectivity index (χ3n) is 2.82. The molecule has 0 spiro atoms. The number of benzene rings is 1. The largest absolute Gasteiger partial charge is 0.481 e. The van der Waals surface area contributed by atoms with Crippen molar-refractivity contribution in [3.05, 3.63) is 53.9 Å². The van der Waals surface area contributed by atoms with E-state index in [1.807, 2.05) is 6.92 Å². The molecule has 0 atom stereocenters. The van der Waals surface area contributed by atoms with Crippen molar-refractivity contribution in [1.29, 1.82) is 0 Å². The van der Waals surface area contributed by atoms with Gasteiger partial charge in [0.05, 0.1) is 6.42 Å². The molecule has 0 unspecified atom stereocenters. The summed E-state index contributed by atoms with van der Waals surface area (Å²) >= 11 is 0. The maximum absolute atomic E-state index is 11.7. The van der Waals surface area contributed by atoms with E-state index in [-0.39, 0.29) is 18.0 Å². The molecule has 2 rings (SSSR count). The summed E-state index contributed by atoms with van der Waals surface area (Å²) in [7, 11) is 0. The molecule has 0 radical (unpaired) electrons. The van der Waals surface area contributed by atoms with Crippen molar-refractivity contribution in [2.45, 2.75) is 13.3 Å². The number of hydrogen-bond acceptors (Lipinski definition) is 4. The lowest BCUT2D eigenvalue weighted by Crippen LogP contribution is -2.23. The van der Waals surface area contributed by atoms with Gasteiger partial charge in [-0.3, -0.25) is 14.6 Å². The number of nitrogens with one attached hydrogen (secondary N) is 1. The summed E-state index contributed by atoms with van der Waals surface area (Å²) in [6.07, 6.45) is 1.47. The van der Waals surface area contributed by atoms with Crippen molar-refractivity contribution in [3.8, 4) is 11.5 Å². The monoisotopic (exact) mass is 300 g/mol. The van der Waals surface area contributed by atoms with E-state index in [0.717, 1.165) is 0 Å². The van der Waals surface area contributed by atoms with E-state index in [1.165, 1.54) is 6.20 Å². The molecular weight excluding hydrogens is 284 g/mol. The highest BCUT2D eigenvalue weighted by Crippen LogP contribution is 2.22. The lowest BCUT2D eigenvalue weighted by atomic mass is 10.1. The summed E-state index contributed by atoms with van der Waals surface area (Å²) < 4.78 is 5.64. The van der Waals surface area contributed by atoms with Gasteiger partial charge in [0, 0.05) is 18.8 Å². The van der Waals surface area contributed by atoms with Crippen LogP contribution < -0.4 is 10.1 Å². The summed E-state index contributed by atoms with van der Waals surface area (Å²) in [6.45, 7) is 2.35. The molecule has 0 aliphatic heterocycles. The Labute approximate surface area is 127 Å². The van der Waals surface area contributed by atoms with E-state index < -0.39 is 5.97 Å². The van der Waals surface area contributed by atoms with Crippen molar-refractivity contribution < 1.29 is 19.4 Å². The predicted molar refractivity (Wildman–Crippen MR) is 80.1 cm³/mol. The Morgan fingerprint density at radius 3 is 2.55 bits per heavy atom. The molecule has 0 saturated heterocycles. The predicted octanol–water partition coefficient (Wildman–Crippen LogP) is 2.25. The second-order valence-electron chi connectivity index (χ2n) is 4.55. The number of amides is 1. The average molecular weight is 300 g/mol. The minimum atomic E-state index is -0.880. The number of aliphatic carboxylic acids is 1. The number of carboxylic acid groups (broad SMARTS) is 1. The summed E-state index contributed by atoms with van der Waals surface area (Å²) in [5.74, 6) is -0.0939. The van der Waals surface area contributed by atoms with Crippen LogP contribution in [0.4, 0.5) is 0 Å². The molecule has 0 aliphatic rings. The van der Waals surface area contributed by atoms with Crippen molar-refractivity contribution in [2.24, 2.45) is 0 Å². The van der Waals surface area contributed by atoms with Gasteiger partial charge < -0.3 is 15.2 Å². The Hall–Kier alpha value is -2.89. The van der Waals surface area contributed by atoms with Gasteiger partial charge in [-0.1, -0.05) is 12.1 Å². The third-order valence-corrected chi connectivity index (χ3v) is 2.82. The molecule has 6 heteroatoms. The fourth-order valence-corrected chi connectivity index (χ4v) is 1.84. The molecular formula is C16H16N2O4. The number of carboxylic acids is 1.